The summed E-state index contributed by atoms with van der Waals surface area (Å²) in [6, 6.07) is 2.87. The lowest BCUT2D eigenvalue weighted by molar-refractivity contribution is -0.0436. The number of aryl methyl sites for hydroxylation is 1. The maximum absolute atomic E-state index is 12.1. The maximum Gasteiger partial charge on any atom is 0.501 e. The Morgan fingerprint density at radius 2 is 1.80 bits per heavy atom. The Labute approximate surface area is 86.4 Å². The van der Waals surface area contributed by atoms with Crippen LogP contribution in [0.4, 0.5) is 13.2 Å². The molecule has 0 spiro atoms. The van der Waals surface area contributed by atoms with Crippen molar-refractivity contribution in [1.29, 1.82) is 0 Å². The van der Waals surface area contributed by atoms with E-state index in [1.807, 2.05) is 0 Å². The molecule has 7 heteroatoms. The first-order valence-corrected chi connectivity index (χ1v) is 5.32. The number of sulfone groups is 1. The van der Waals surface area contributed by atoms with Crippen molar-refractivity contribution in [3.63, 3.8) is 0 Å². The zero-order chi connectivity index (χ0) is 11.9. The lowest BCUT2D eigenvalue weighted by Crippen LogP contribution is -2.24. The Morgan fingerprint density at radius 3 is 2.20 bits per heavy atom. The summed E-state index contributed by atoms with van der Waals surface area (Å²) in [5.41, 5.74) is -4.74. The van der Waals surface area contributed by atoms with Gasteiger partial charge in [-0.3, -0.25) is 0 Å². The van der Waals surface area contributed by atoms with Gasteiger partial charge in [0.25, 0.3) is 9.84 Å². The van der Waals surface area contributed by atoms with Gasteiger partial charge in [-0.2, -0.15) is 13.2 Å². The van der Waals surface area contributed by atoms with E-state index in [0.717, 1.165) is 18.2 Å². The van der Waals surface area contributed by atoms with Gasteiger partial charge in [-0.15, -0.1) is 0 Å². The molecule has 0 unspecified atom stereocenters. The molecule has 0 aliphatic carbocycles. The minimum atomic E-state index is -5.28. The van der Waals surface area contributed by atoms with Crippen LogP contribution in [0.25, 0.3) is 0 Å². The normalized spacial score (nSPS) is 12.8. The maximum atomic E-state index is 12.1. The molecular formula is C8H6BF3O2S. The molecule has 0 heterocycles. The third-order valence-electron chi connectivity index (χ3n) is 1.86. The van der Waals surface area contributed by atoms with E-state index in [-0.39, 0.29) is 5.46 Å². The van der Waals surface area contributed by atoms with Crippen molar-refractivity contribution in [2.75, 3.05) is 0 Å². The minimum Gasteiger partial charge on any atom is -0.214 e. The third kappa shape index (κ3) is 2.17. The molecule has 2 nitrogen and oxygen atoms in total. The van der Waals surface area contributed by atoms with Crippen molar-refractivity contribution >= 4 is 23.1 Å². The molecule has 0 aliphatic rings. The smallest absolute Gasteiger partial charge is 0.214 e. The fourth-order valence-corrected chi connectivity index (χ4v) is 1.80. The highest BCUT2D eigenvalue weighted by Gasteiger charge is 2.46. The van der Waals surface area contributed by atoms with Crippen molar-refractivity contribution in [3.05, 3.63) is 23.8 Å². The number of alkyl halides is 3. The van der Waals surface area contributed by atoms with E-state index in [1.165, 1.54) is 6.92 Å². The lowest BCUT2D eigenvalue weighted by Gasteiger charge is -2.09. The zero-order valence-electron chi connectivity index (χ0n) is 7.67. The first kappa shape index (κ1) is 12.1. The molecule has 0 saturated heterocycles. The van der Waals surface area contributed by atoms with E-state index in [1.54, 1.807) is 0 Å². The average molecular weight is 234 g/mol. The van der Waals surface area contributed by atoms with Gasteiger partial charge in [0.15, 0.2) is 0 Å². The van der Waals surface area contributed by atoms with Gasteiger partial charge in [-0.1, -0.05) is 17.1 Å². The second-order valence-electron chi connectivity index (χ2n) is 2.97. The SMILES string of the molecule is [B]c1ccc(S(=O)(=O)C(F)(F)F)cc1C. The minimum absolute atomic E-state index is 0.246. The van der Waals surface area contributed by atoms with Crippen LogP contribution in [0.15, 0.2) is 23.1 Å². The van der Waals surface area contributed by atoms with Gasteiger partial charge < -0.3 is 0 Å². The quantitative estimate of drug-likeness (QED) is 0.681. The van der Waals surface area contributed by atoms with Gasteiger partial charge in [-0.25, -0.2) is 8.42 Å². The van der Waals surface area contributed by atoms with E-state index in [9.17, 15) is 21.6 Å². The average Bonchev–Trinajstić information content (AvgIpc) is 2.07. The molecule has 1 aromatic rings. The van der Waals surface area contributed by atoms with Gasteiger partial charge >= 0.3 is 5.51 Å². The molecule has 0 N–H and O–H groups in total. The third-order valence-corrected chi connectivity index (χ3v) is 3.34. The summed E-state index contributed by atoms with van der Waals surface area (Å²) in [5.74, 6) is 0. The molecule has 0 amide bonds. The monoisotopic (exact) mass is 234 g/mol. The van der Waals surface area contributed by atoms with E-state index in [4.69, 9.17) is 7.85 Å². The van der Waals surface area contributed by atoms with Gasteiger partial charge in [0.2, 0.25) is 0 Å². The Balaban J connectivity index is 3.36. The van der Waals surface area contributed by atoms with Crippen LogP contribution in [-0.2, 0) is 9.84 Å². The Kier molecular flexibility index (Phi) is 2.86. The van der Waals surface area contributed by atoms with Crippen LogP contribution in [0.5, 0.6) is 0 Å². The fraction of sp³-hybridized carbons (Fsp3) is 0.250. The molecule has 15 heavy (non-hydrogen) atoms. The van der Waals surface area contributed by atoms with Crippen molar-refractivity contribution < 1.29 is 21.6 Å². The molecular weight excluding hydrogens is 228 g/mol. The Hall–Kier alpha value is -0.975. The molecule has 1 rings (SSSR count). The molecule has 80 valence electrons. The Morgan fingerprint density at radius 1 is 1.27 bits per heavy atom. The van der Waals surface area contributed by atoms with Gasteiger partial charge in [0.1, 0.15) is 7.85 Å². The van der Waals surface area contributed by atoms with Gasteiger partial charge in [0, 0.05) is 0 Å². The second-order valence-corrected chi connectivity index (χ2v) is 4.91. The summed E-state index contributed by atoms with van der Waals surface area (Å²) in [4.78, 5) is -0.790. The lowest BCUT2D eigenvalue weighted by atomic mass is 9.92. The summed E-state index contributed by atoms with van der Waals surface area (Å²) in [5, 5.41) is 0. The highest BCUT2D eigenvalue weighted by atomic mass is 32.2. The van der Waals surface area contributed by atoms with Crippen LogP contribution >= 0.6 is 0 Å². The van der Waals surface area contributed by atoms with Gasteiger partial charge in [0.05, 0.1) is 4.90 Å². The highest BCUT2D eigenvalue weighted by molar-refractivity contribution is 7.92. The molecule has 0 fully saturated rings. The molecule has 2 radical (unpaired) electrons. The second kappa shape index (κ2) is 3.55. The number of rotatable bonds is 1. The van der Waals surface area contributed by atoms with Crippen LogP contribution in [0.1, 0.15) is 5.56 Å². The summed E-state index contributed by atoms with van der Waals surface area (Å²) in [7, 11) is 0.0937. The number of hydrogen-bond acceptors (Lipinski definition) is 2. The van der Waals surface area contributed by atoms with E-state index in [2.05, 4.69) is 0 Å². The van der Waals surface area contributed by atoms with E-state index in [0.29, 0.717) is 5.56 Å². The standard InChI is InChI=1S/C8H6BF3O2S/c1-5-4-6(2-3-7(5)9)15(13,14)8(10,11)12/h2-4H,1H3. The van der Waals surface area contributed by atoms with Crippen LogP contribution in [0.2, 0.25) is 0 Å². The predicted molar refractivity (Wildman–Crippen MR) is 49.8 cm³/mol. The predicted octanol–water partition coefficient (Wildman–Crippen LogP) is 1.08. The molecule has 0 atom stereocenters. The largest absolute Gasteiger partial charge is 0.501 e. The first-order valence-electron chi connectivity index (χ1n) is 3.84. The number of benzene rings is 1. The van der Waals surface area contributed by atoms with Crippen LogP contribution < -0.4 is 5.46 Å². The topological polar surface area (TPSA) is 34.1 Å². The van der Waals surface area contributed by atoms with Crippen molar-refractivity contribution in [3.8, 4) is 0 Å². The van der Waals surface area contributed by atoms with Gasteiger partial charge in [-0.05, 0) is 19.1 Å². The fourth-order valence-electron chi connectivity index (χ4n) is 0.949. The van der Waals surface area contributed by atoms with Crippen molar-refractivity contribution in [2.24, 2.45) is 0 Å². The molecule has 0 aromatic heterocycles. The van der Waals surface area contributed by atoms with E-state index < -0.39 is 20.2 Å². The van der Waals surface area contributed by atoms with Crippen LogP contribution in [0, 0.1) is 6.92 Å². The summed E-state index contributed by atoms with van der Waals surface area (Å²) in [6.45, 7) is 1.44. The summed E-state index contributed by atoms with van der Waals surface area (Å²) < 4.78 is 58.3. The summed E-state index contributed by atoms with van der Waals surface area (Å²) >= 11 is 0. The molecule has 0 bridgehead atoms. The zero-order valence-corrected chi connectivity index (χ0v) is 8.48. The highest BCUT2D eigenvalue weighted by Crippen LogP contribution is 2.29. The molecule has 1 aromatic carbocycles. The first-order chi connectivity index (χ1) is 6.66. The summed E-state index contributed by atoms with van der Waals surface area (Å²) in [6.07, 6.45) is 0. The number of halogens is 3. The molecule has 0 saturated carbocycles. The van der Waals surface area contributed by atoms with Crippen LogP contribution in [0.3, 0.4) is 0 Å². The molecule has 0 aliphatic heterocycles. The van der Waals surface area contributed by atoms with E-state index >= 15 is 0 Å². The Bertz CT molecular complexity index is 479. The van der Waals surface area contributed by atoms with Crippen LogP contribution in [-0.4, -0.2) is 21.8 Å². The van der Waals surface area contributed by atoms with Crippen molar-refractivity contribution in [2.45, 2.75) is 17.3 Å². The number of hydrogen-bond donors (Lipinski definition) is 0. The van der Waals surface area contributed by atoms with Crippen molar-refractivity contribution in [1.82, 2.24) is 0 Å².